The van der Waals surface area contributed by atoms with E-state index in [0.29, 0.717) is 37.0 Å². The van der Waals surface area contributed by atoms with Crippen LogP contribution in [0, 0.1) is 5.82 Å². The SMILES string of the molecule is CCNC(=O)N(C)C(C)c1cc(Cl)ccc1OCC(=O)N1CC(C)N(Cc2ccc(F)cc2)CC1C. The fourth-order valence-corrected chi connectivity index (χ4v) is 4.63. The van der Waals surface area contributed by atoms with E-state index < -0.39 is 0 Å². The van der Waals surface area contributed by atoms with Gasteiger partial charge >= 0.3 is 6.03 Å². The van der Waals surface area contributed by atoms with E-state index in [4.69, 9.17) is 16.3 Å². The van der Waals surface area contributed by atoms with Crippen molar-refractivity contribution < 1.29 is 18.7 Å². The molecule has 3 rings (SSSR count). The first kappa shape index (κ1) is 27.7. The quantitative estimate of drug-likeness (QED) is 0.550. The Hall–Kier alpha value is -2.84. The smallest absolute Gasteiger partial charge is 0.317 e. The van der Waals surface area contributed by atoms with Crippen molar-refractivity contribution in [2.45, 2.75) is 52.4 Å². The first-order valence-corrected chi connectivity index (χ1v) is 12.7. The molecule has 0 radical (unpaired) electrons. The Kier molecular flexibility index (Phi) is 9.56. The van der Waals surface area contributed by atoms with Crippen LogP contribution in [0.1, 0.15) is 44.9 Å². The topological polar surface area (TPSA) is 65.1 Å². The van der Waals surface area contributed by atoms with E-state index in [-0.39, 0.29) is 42.5 Å². The molecule has 7 nitrogen and oxygen atoms in total. The van der Waals surface area contributed by atoms with Gasteiger partial charge in [0.15, 0.2) is 6.61 Å². The lowest BCUT2D eigenvalue weighted by Gasteiger charge is -2.44. The molecule has 3 atom stereocenters. The molecule has 1 aliphatic rings. The van der Waals surface area contributed by atoms with Gasteiger partial charge in [-0.05, 0) is 63.6 Å². The zero-order valence-electron chi connectivity index (χ0n) is 21.6. The number of rotatable bonds is 8. The molecular weight excluding hydrogens is 483 g/mol. The standard InChI is InChI=1S/C27H36ClFN4O3/c1-6-30-27(35)31(5)20(4)24-13-22(28)9-12-25(24)36-17-26(34)33-15-18(2)32(14-19(33)3)16-21-7-10-23(29)11-8-21/h7-13,18-20H,6,14-17H2,1-5H3,(H,30,35). The van der Waals surface area contributed by atoms with Crippen LogP contribution in [-0.4, -0.2) is 72.0 Å². The van der Waals surface area contributed by atoms with Gasteiger partial charge in [-0.2, -0.15) is 0 Å². The number of urea groups is 1. The maximum absolute atomic E-state index is 13.2. The minimum absolute atomic E-state index is 0.00485. The highest BCUT2D eigenvalue weighted by atomic mass is 35.5. The Labute approximate surface area is 218 Å². The van der Waals surface area contributed by atoms with Gasteiger partial charge in [0, 0.05) is 55.9 Å². The third kappa shape index (κ3) is 6.89. The second kappa shape index (κ2) is 12.4. The summed E-state index contributed by atoms with van der Waals surface area (Å²) in [6.45, 7) is 10.3. The van der Waals surface area contributed by atoms with Crippen LogP contribution < -0.4 is 10.1 Å². The van der Waals surface area contributed by atoms with Crippen molar-refractivity contribution >= 4 is 23.5 Å². The van der Waals surface area contributed by atoms with Crippen LogP contribution in [-0.2, 0) is 11.3 Å². The summed E-state index contributed by atoms with van der Waals surface area (Å²) in [6, 6.07) is 11.4. The van der Waals surface area contributed by atoms with Crippen LogP contribution in [0.25, 0.3) is 0 Å². The first-order chi connectivity index (χ1) is 17.1. The van der Waals surface area contributed by atoms with Crippen molar-refractivity contribution in [3.05, 3.63) is 64.4 Å². The number of benzene rings is 2. The molecule has 3 amide bonds. The highest BCUT2D eigenvalue weighted by molar-refractivity contribution is 6.30. The lowest BCUT2D eigenvalue weighted by molar-refractivity contribution is -0.139. The van der Waals surface area contributed by atoms with E-state index >= 15 is 0 Å². The van der Waals surface area contributed by atoms with Gasteiger partial charge in [-0.15, -0.1) is 0 Å². The second-order valence-corrected chi connectivity index (χ2v) is 9.83. The first-order valence-electron chi connectivity index (χ1n) is 12.3. The largest absolute Gasteiger partial charge is 0.483 e. The van der Waals surface area contributed by atoms with Crippen molar-refractivity contribution in [2.24, 2.45) is 0 Å². The molecule has 1 fully saturated rings. The molecule has 36 heavy (non-hydrogen) atoms. The van der Waals surface area contributed by atoms with E-state index in [1.165, 1.54) is 12.1 Å². The fourth-order valence-electron chi connectivity index (χ4n) is 4.45. The van der Waals surface area contributed by atoms with E-state index in [0.717, 1.165) is 11.1 Å². The summed E-state index contributed by atoms with van der Waals surface area (Å²) < 4.78 is 19.2. The summed E-state index contributed by atoms with van der Waals surface area (Å²) >= 11 is 6.23. The predicted octanol–water partition coefficient (Wildman–Crippen LogP) is 4.70. The predicted molar refractivity (Wildman–Crippen MR) is 140 cm³/mol. The molecule has 0 bridgehead atoms. The van der Waals surface area contributed by atoms with Gasteiger partial charge in [-0.3, -0.25) is 9.69 Å². The van der Waals surface area contributed by atoms with Crippen molar-refractivity contribution in [1.82, 2.24) is 20.0 Å². The number of carbonyl (C=O) groups excluding carboxylic acids is 2. The molecule has 0 aliphatic carbocycles. The average molecular weight is 519 g/mol. The number of hydrogen-bond acceptors (Lipinski definition) is 4. The monoisotopic (exact) mass is 518 g/mol. The van der Waals surface area contributed by atoms with Crippen LogP contribution in [0.4, 0.5) is 9.18 Å². The lowest BCUT2D eigenvalue weighted by atomic mass is 10.1. The van der Waals surface area contributed by atoms with Gasteiger partial charge in [0.25, 0.3) is 5.91 Å². The highest BCUT2D eigenvalue weighted by Gasteiger charge is 2.32. The molecule has 0 saturated carbocycles. The second-order valence-electron chi connectivity index (χ2n) is 9.39. The van der Waals surface area contributed by atoms with Crippen LogP contribution >= 0.6 is 11.6 Å². The average Bonchev–Trinajstić information content (AvgIpc) is 2.85. The van der Waals surface area contributed by atoms with E-state index in [2.05, 4.69) is 17.1 Å². The Bertz CT molecular complexity index is 1050. The number of ether oxygens (including phenoxy) is 1. The Morgan fingerprint density at radius 2 is 1.86 bits per heavy atom. The van der Waals surface area contributed by atoms with E-state index in [1.54, 1.807) is 42.3 Å². The Morgan fingerprint density at radius 3 is 2.53 bits per heavy atom. The molecule has 1 heterocycles. The fraction of sp³-hybridized carbons (Fsp3) is 0.481. The molecule has 1 aliphatic heterocycles. The minimum Gasteiger partial charge on any atom is -0.483 e. The molecule has 1 saturated heterocycles. The Morgan fingerprint density at radius 1 is 1.17 bits per heavy atom. The maximum atomic E-state index is 13.2. The van der Waals surface area contributed by atoms with Crippen molar-refractivity contribution in [2.75, 3.05) is 33.3 Å². The van der Waals surface area contributed by atoms with Crippen LogP contribution in [0.5, 0.6) is 5.75 Å². The van der Waals surface area contributed by atoms with Crippen LogP contribution in [0.2, 0.25) is 5.02 Å². The normalized spacial score (nSPS) is 19.0. The molecule has 0 aromatic heterocycles. The number of amides is 3. The molecule has 2 aromatic carbocycles. The van der Waals surface area contributed by atoms with Crippen LogP contribution in [0.3, 0.4) is 0 Å². The molecule has 9 heteroatoms. The van der Waals surface area contributed by atoms with Gasteiger partial charge in [0.2, 0.25) is 0 Å². The van der Waals surface area contributed by atoms with E-state index in [9.17, 15) is 14.0 Å². The van der Waals surface area contributed by atoms with Gasteiger partial charge < -0.3 is 19.9 Å². The number of nitrogens with one attached hydrogen (secondary N) is 1. The highest BCUT2D eigenvalue weighted by Crippen LogP contribution is 2.31. The zero-order chi connectivity index (χ0) is 26.4. The van der Waals surface area contributed by atoms with Gasteiger partial charge in [0.1, 0.15) is 11.6 Å². The molecule has 2 aromatic rings. The molecule has 196 valence electrons. The summed E-state index contributed by atoms with van der Waals surface area (Å²) in [6.07, 6.45) is 0. The number of carbonyl (C=O) groups is 2. The number of hydrogen-bond donors (Lipinski definition) is 1. The summed E-state index contributed by atoms with van der Waals surface area (Å²) in [5, 5.41) is 3.31. The van der Waals surface area contributed by atoms with Gasteiger partial charge in [-0.1, -0.05) is 23.7 Å². The molecule has 3 unspecified atom stereocenters. The number of piperazine rings is 1. The third-order valence-corrected chi connectivity index (χ3v) is 6.97. The summed E-state index contributed by atoms with van der Waals surface area (Å²) in [5.41, 5.74) is 1.77. The van der Waals surface area contributed by atoms with E-state index in [1.807, 2.05) is 25.7 Å². The summed E-state index contributed by atoms with van der Waals surface area (Å²) in [5.74, 6) is 0.179. The van der Waals surface area contributed by atoms with Crippen molar-refractivity contribution in [3.8, 4) is 5.75 Å². The van der Waals surface area contributed by atoms with Crippen molar-refractivity contribution in [3.63, 3.8) is 0 Å². The number of halogens is 2. The zero-order valence-corrected chi connectivity index (χ0v) is 22.4. The van der Waals surface area contributed by atoms with Gasteiger partial charge in [0.05, 0.1) is 6.04 Å². The third-order valence-electron chi connectivity index (χ3n) is 6.74. The summed E-state index contributed by atoms with van der Waals surface area (Å²) in [4.78, 5) is 31.2. The lowest BCUT2D eigenvalue weighted by Crippen LogP contribution is -2.58. The molecular formula is C27H36ClFN4O3. The number of nitrogens with zero attached hydrogens (tertiary/aromatic N) is 3. The van der Waals surface area contributed by atoms with Crippen LogP contribution in [0.15, 0.2) is 42.5 Å². The minimum atomic E-state index is -0.311. The van der Waals surface area contributed by atoms with Crippen molar-refractivity contribution in [1.29, 1.82) is 0 Å². The molecule has 1 N–H and O–H groups in total. The Balaban J connectivity index is 1.63. The summed E-state index contributed by atoms with van der Waals surface area (Å²) in [7, 11) is 1.71. The van der Waals surface area contributed by atoms with Gasteiger partial charge in [-0.25, -0.2) is 9.18 Å². The maximum Gasteiger partial charge on any atom is 0.317 e. The molecule has 0 spiro atoms.